The molecule has 0 unspecified atom stereocenters. The molecule has 0 bridgehead atoms. The van der Waals surface area contributed by atoms with E-state index in [1.807, 2.05) is 0 Å². The van der Waals surface area contributed by atoms with Crippen molar-refractivity contribution in [3.8, 4) is 0 Å². The number of aryl methyl sites for hydroxylation is 1. The van der Waals surface area contributed by atoms with Gasteiger partial charge in [-0.05, 0) is 26.7 Å². The van der Waals surface area contributed by atoms with Gasteiger partial charge in [0.1, 0.15) is 5.56 Å². The molecule has 0 radical (unpaired) electrons. The van der Waals surface area contributed by atoms with Crippen molar-refractivity contribution in [1.82, 2.24) is 5.16 Å². The molecule has 0 amide bonds. The van der Waals surface area contributed by atoms with Gasteiger partial charge >= 0.3 is 11.9 Å². The molecule has 0 saturated carbocycles. The molecule has 0 N–H and O–H groups in total. The smallest absolute Gasteiger partial charge is 0.378 e. The Morgan fingerprint density at radius 2 is 1.59 bits per heavy atom. The third kappa shape index (κ3) is 5.16. The van der Waals surface area contributed by atoms with Gasteiger partial charge in [0, 0.05) is 0 Å². The molecule has 1 rings (SSSR count). The number of rotatable bonds is 10. The number of hydrogen-bond acceptors (Lipinski definition) is 6. The first-order chi connectivity index (χ1) is 10.7. The third-order valence-electron chi connectivity index (χ3n) is 3.22. The molecule has 0 aliphatic carbocycles. The highest BCUT2D eigenvalue weighted by Crippen LogP contribution is 2.19. The van der Waals surface area contributed by atoms with Gasteiger partial charge in [-0.15, -0.1) is 0 Å². The Hall–Kier alpha value is -1.85. The van der Waals surface area contributed by atoms with Crippen LogP contribution in [0.4, 0.5) is 0 Å². The molecule has 124 valence electrons. The molecule has 22 heavy (non-hydrogen) atoms. The van der Waals surface area contributed by atoms with E-state index in [0.717, 1.165) is 19.3 Å². The summed E-state index contributed by atoms with van der Waals surface area (Å²) in [7, 11) is 0. The molecule has 6 heteroatoms. The molecular formula is C16H25NO5. The summed E-state index contributed by atoms with van der Waals surface area (Å²) < 4.78 is 14.9. The molecule has 0 fully saturated rings. The summed E-state index contributed by atoms with van der Waals surface area (Å²) in [6.07, 6.45) is 6.04. The van der Waals surface area contributed by atoms with E-state index >= 15 is 0 Å². The summed E-state index contributed by atoms with van der Waals surface area (Å²) >= 11 is 0. The minimum Gasteiger partial charge on any atom is -0.462 e. The molecule has 0 atom stereocenters. The standard InChI is InChI=1S/C16H25NO5/c1-4-7-8-9-10-11-12-13(15(18)20-5-2)14(22-17-12)16(19)21-6-3/h4-11H2,1-3H3. The summed E-state index contributed by atoms with van der Waals surface area (Å²) in [5.74, 6) is -1.44. The summed E-state index contributed by atoms with van der Waals surface area (Å²) in [6.45, 7) is 5.98. The van der Waals surface area contributed by atoms with Gasteiger partial charge in [-0.1, -0.05) is 37.8 Å². The summed E-state index contributed by atoms with van der Waals surface area (Å²) in [4.78, 5) is 23.9. The first kappa shape index (κ1) is 18.2. The predicted molar refractivity (Wildman–Crippen MR) is 80.9 cm³/mol. The van der Waals surface area contributed by atoms with Crippen molar-refractivity contribution in [3.63, 3.8) is 0 Å². The van der Waals surface area contributed by atoms with Gasteiger partial charge in [0.25, 0.3) is 5.76 Å². The van der Waals surface area contributed by atoms with Crippen molar-refractivity contribution in [1.29, 1.82) is 0 Å². The molecule has 1 aromatic rings. The first-order valence-electron chi connectivity index (χ1n) is 7.98. The fourth-order valence-electron chi connectivity index (χ4n) is 2.14. The third-order valence-corrected chi connectivity index (χ3v) is 3.22. The second-order valence-corrected chi connectivity index (χ2v) is 4.94. The second kappa shape index (κ2) is 9.97. The van der Waals surface area contributed by atoms with Crippen molar-refractivity contribution in [2.24, 2.45) is 0 Å². The van der Waals surface area contributed by atoms with Crippen LogP contribution >= 0.6 is 0 Å². The van der Waals surface area contributed by atoms with Gasteiger partial charge in [0.05, 0.1) is 18.9 Å². The van der Waals surface area contributed by atoms with E-state index in [0.29, 0.717) is 12.1 Å². The zero-order valence-corrected chi connectivity index (χ0v) is 13.6. The fraction of sp³-hybridized carbons (Fsp3) is 0.688. The molecule has 0 saturated heterocycles. The van der Waals surface area contributed by atoms with Crippen LogP contribution in [-0.4, -0.2) is 30.3 Å². The molecule has 6 nitrogen and oxygen atoms in total. The molecule has 0 spiro atoms. The summed E-state index contributed by atoms with van der Waals surface area (Å²) in [5, 5.41) is 3.86. The Labute approximate surface area is 131 Å². The Morgan fingerprint density at radius 1 is 0.955 bits per heavy atom. The number of nitrogens with zero attached hydrogens (tertiary/aromatic N) is 1. The Balaban J connectivity index is 2.82. The number of carbonyl (C=O) groups is 2. The van der Waals surface area contributed by atoms with E-state index in [1.54, 1.807) is 13.8 Å². The van der Waals surface area contributed by atoms with Crippen molar-refractivity contribution in [2.75, 3.05) is 13.2 Å². The normalized spacial score (nSPS) is 10.5. The number of carbonyl (C=O) groups excluding carboxylic acids is 2. The van der Waals surface area contributed by atoms with Crippen LogP contribution in [0.15, 0.2) is 4.52 Å². The number of ether oxygens (including phenoxy) is 2. The lowest BCUT2D eigenvalue weighted by atomic mass is 10.1. The van der Waals surface area contributed by atoms with E-state index < -0.39 is 11.9 Å². The zero-order valence-electron chi connectivity index (χ0n) is 13.6. The van der Waals surface area contributed by atoms with Crippen LogP contribution in [0.3, 0.4) is 0 Å². The SMILES string of the molecule is CCCCCCCc1noc(C(=O)OCC)c1C(=O)OCC. The minimum atomic E-state index is -0.685. The summed E-state index contributed by atoms with van der Waals surface area (Å²) in [6, 6.07) is 0. The summed E-state index contributed by atoms with van der Waals surface area (Å²) in [5.41, 5.74) is 0.578. The lowest BCUT2D eigenvalue weighted by Crippen LogP contribution is -2.13. The molecule has 1 heterocycles. The fourth-order valence-corrected chi connectivity index (χ4v) is 2.14. The molecule has 0 aromatic carbocycles. The highest BCUT2D eigenvalue weighted by molar-refractivity contribution is 6.01. The minimum absolute atomic E-state index is 0.107. The topological polar surface area (TPSA) is 78.6 Å². The maximum absolute atomic E-state index is 12.1. The average molecular weight is 311 g/mol. The van der Waals surface area contributed by atoms with Gasteiger partial charge < -0.3 is 14.0 Å². The maximum Gasteiger partial charge on any atom is 0.378 e. The molecule has 0 aliphatic rings. The lowest BCUT2D eigenvalue weighted by Gasteiger charge is -2.04. The van der Waals surface area contributed by atoms with Crippen molar-refractivity contribution < 1.29 is 23.6 Å². The highest BCUT2D eigenvalue weighted by Gasteiger charge is 2.29. The zero-order chi connectivity index (χ0) is 16.4. The van der Waals surface area contributed by atoms with Gasteiger partial charge in [0.2, 0.25) is 0 Å². The van der Waals surface area contributed by atoms with Gasteiger partial charge in [0.15, 0.2) is 0 Å². The van der Waals surface area contributed by atoms with Gasteiger partial charge in [-0.2, -0.15) is 0 Å². The maximum atomic E-state index is 12.1. The lowest BCUT2D eigenvalue weighted by molar-refractivity contribution is 0.0445. The van der Waals surface area contributed by atoms with E-state index in [9.17, 15) is 9.59 Å². The van der Waals surface area contributed by atoms with Crippen LogP contribution in [0.1, 0.15) is 79.5 Å². The Bertz CT molecular complexity index is 481. The number of aromatic nitrogens is 1. The predicted octanol–water partition coefficient (Wildman–Crippen LogP) is 3.54. The number of unbranched alkanes of at least 4 members (excludes halogenated alkanes) is 4. The first-order valence-corrected chi connectivity index (χ1v) is 7.98. The van der Waals surface area contributed by atoms with Gasteiger partial charge in [-0.3, -0.25) is 0 Å². The average Bonchev–Trinajstić information content (AvgIpc) is 2.91. The molecular weight excluding hydrogens is 286 g/mol. The van der Waals surface area contributed by atoms with E-state index in [4.69, 9.17) is 14.0 Å². The van der Waals surface area contributed by atoms with Crippen LogP contribution in [-0.2, 0) is 15.9 Å². The van der Waals surface area contributed by atoms with Crippen LogP contribution in [0.5, 0.6) is 0 Å². The Morgan fingerprint density at radius 3 is 2.23 bits per heavy atom. The van der Waals surface area contributed by atoms with E-state index in [1.165, 1.54) is 12.8 Å². The quantitative estimate of drug-likeness (QED) is 0.486. The van der Waals surface area contributed by atoms with E-state index in [2.05, 4.69) is 12.1 Å². The second-order valence-electron chi connectivity index (χ2n) is 4.94. The molecule has 0 aliphatic heterocycles. The highest BCUT2D eigenvalue weighted by atomic mass is 16.6. The van der Waals surface area contributed by atoms with Crippen molar-refractivity contribution >= 4 is 11.9 Å². The largest absolute Gasteiger partial charge is 0.462 e. The van der Waals surface area contributed by atoms with Crippen LogP contribution < -0.4 is 0 Å². The number of hydrogen-bond donors (Lipinski definition) is 0. The van der Waals surface area contributed by atoms with E-state index in [-0.39, 0.29) is 24.5 Å². The van der Waals surface area contributed by atoms with Crippen LogP contribution in [0.25, 0.3) is 0 Å². The Kier molecular flexibility index (Phi) is 8.25. The van der Waals surface area contributed by atoms with Crippen LogP contribution in [0, 0.1) is 0 Å². The number of esters is 2. The van der Waals surface area contributed by atoms with Crippen molar-refractivity contribution in [3.05, 3.63) is 17.0 Å². The van der Waals surface area contributed by atoms with Gasteiger partial charge in [-0.25, -0.2) is 9.59 Å². The van der Waals surface area contributed by atoms with Crippen molar-refractivity contribution in [2.45, 2.75) is 59.3 Å². The van der Waals surface area contributed by atoms with Crippen LogP contribution in [0.2, 0.25) is 0 Å². The molecule has 1 aromatic heterocycles. The monoisotopic (exact) mass is 311 g/mol.